The number of rotatable bonds is 8. The normalized spacial score (nSPS) is 13.3. The fourth-order valence-electron chi connectivity index (χ4n) is 3.30. The Balaban J connectivity index is 1.38. The van der Waals surface area contributed by atoms with Gasteiger partial charge in [0, 0.05) is 31.0 Å². The first-order valence-corrected chi connectivity index (χ1v) is 10.1. The molecule has 4 rings (SSSR count). The van der Waals surface area contributed by atoms with Gasteiger partial charge in [0.1, 0.15) is 5.75 Å². The first-order chi connectivity index (χ1) is 14.1. The molecule has 150 valence electrons. The molecular weight excluding hydrogens is 388 g/mol. The van der Waals surface area contributed by atoms with Crippen LogP contribution in [0.2, 0.25) is 5.02 Å². The zero-order valence-electron chi connectivity index (χ0n) is 16.3. The zero-order valence-corrected chi connectivity index (χ0v) is 17.1. The average molecular weight is 411 g/mol. The molecule has 29 heavy (non-hydrogen) atoms. The summed E-state index contributed by atoms with van der Waals surface area (Å²) >= 11 is 6.22. The van der Waals surface area contributed by atoms with Crippen LogP contribution in [0.25, 0.3) is 11.3 Å². The summed E-state index contributed by atoms with van der Waals surface area (Å²) in [4.78, 5) is 19.2. The lowest BCUT2D eigenvalue weighted by molar-refractivity contribution is -0.132. The van der Waals surface area contributed by atoms with Crippen molar-refractivity contribution in [2.24, 2.45) is 0 Å². The molecule has 5 nitrogen and oxygen atoms in total. The second kappa shape index (κ2) is 8.70. The number of hydrogen-bond acceptors (Lipinski definition) is 4. The SMILES string of the molecule is COc1ccc(CN(C(=O)CCc2ncc(-c3ccccc3Cl)o2)C2CC2)cc1. The maximum Gasteiger partial charge on any atom is 0.223 e. The van der Waals surface area contributed by atoms with E-state index in [9.17, 15) is 4.79 Å². The van der Waals surface area contributed by atoms with Crippen molar-refractivity contribution in [2.45, 2.75) is 38.3 Å². The number of halogens is 1. The van der Waals surface area contributed by atoms with Crippen LogP contribution in [0, 0.1) is 0 Å². The van der Waals surface area contributed by atoms with Crippen LogP contribution in [-0.2, 0) is 17.8 Å². The Kier molecular flexibility index (Phi) is 5.86. The Hall–Kier alpha value is -2.79. The van der Waals surface area contributed by atoms with Crippen molar-refractivity contribution in [2.75, 3.05) is 7.11 Å². The largest absolute Gasteiger partial charge is 0.497 e. The van der Waals surface area contributed by atoms with Gasteiger partial charge in [-0.2, -0.15) is 0 Å². The van der Waals surface area contributed by atoms with Crippen molar-refractivity contribution in [1.82, 2.24) is 9.88 Å². The smallest absolute Gasteiger partial charge is 0.223 e. The monoisotopic (exact) mass is 410 g/mol. The van der Waals surface area contributed by atoms with E-state index >= 15 is 0 Å². The van der Waals surface area contributed by atoms with E-state index in [1.165, 1.54) is 0 Å². The molecule has 1 aliphatic carbocycles. The Labute approximate surface area is 175 Å². The average Bonchev–Trinajstić information content (AvgIpc) is 3.48. The van der Waals surface area contributed by atoms with Crippen LogP contribution in [0.1, 0.15) is 30.7 Å². The lowest BCUT2D eigenvalue weighted by atomic mass is 10.2. The molecule has 0 bridgehead atoms. The second-order valence-electron chi connectivity index (χ2n) is 7.20. The number of aromatic nitrogens is 1. The molecule has 1 amide bonds. The van der Waals surface area contributed by atoms with Crippen LogP contribution in [0.4, 0.5) is 0 Å². The van der Waals surface area contributed by atoms with E-state index in [4.69, 9.17) is 20.8 Å². The molecule has 0 radical (unpaired) electrons. The van der Waals surface area contributed by atoms with Crippen LogP contribution < -0.4 is 4.74 Å². The maximum absolute atomic E-state index is 12.9. The second-order valence-corrected chi connectivity index (χ2v) is 7.61. The Morgan fingerprint density at radius 3 is 2.66 bits per heavy atom. The summed E-state index contributed by atoms with van der Waals surface area (Å²) in [5.41, 5.74) is 1.90. The molecule has 0 unspecified atom stereocenters. The topological polar surface area (TPSA) is 55.6 Å². The summed E-state index contributed by atoms with van der Waals surface area (Å²) in [6.45, 7) is 0.615. The van der Waals surface area contributed by atoms with E-state index in [1.807, 2.05) is 53.4 Å². The number of carbonyl (C=O) groups excluding carboxylic acids is 1. The quantitative estimate of drug-likeness (QED) is 0.516. The number of carbonyl (C=O) groups is 1. The van der Waals surface area contributed by atoms with Crippen LogP contribution in [0.15, 0.2) is 59.1 Å². The molecule has 3 aromatic rings. The summed E-state index contributed by atoms with van der Waals surface area (Å²) < 4.78 is 11.0. The van der Waals surface area contributed by atoms with Crippen LogP contribution >= 0.6 is 11.6 Å². The molecule has 2 aromatic carbocycles. The van der Waals surface area contributed by atoms with Crippen LogP contribution in [-0.4, -0.2) is 28.9 Å². The number of amides is 1. The third-order valence-corrected chi connectivity index (χ3v) is 5.40. The molecule has 1 aromatic heterocycles. The van der Waals surface area contributed by atoms with E-state index in [1.54, 1.807) is 13.3 Å². The zero-order chi connectivity index (χ0) is 20.2. The number of nitrogens with zero attached hydrogens (tertiary/aromatic N) is 2. The van der Waals surface area contributed by atoms with E-state index < -0.39 is 0 Å². The highest BCUT2D eigenvalue weighted by molar-refractivity contribution is 6.33. The Morgan fingerprint density at radius 1 is 1.21 bits per heavy atom. The molecule has 0 N–H and O–H groups in total. The highest BCUT2D eigenvalue weighted by Gasteiger charge is 2.32. The number of oxazole rings is 1. The van der Waals surface area contributed by atoms with Gasteiger partial charge < -0.3 is 14.1 Å². The molecule has 0 saturated heterocycles. The number of hydrogen-bond donors (Lipinski definition) is 0. The van der Waals surface area contributed by atoms with Crippen molar-refractivity contribution in [1.29, 1.82) is 0 Å². The third-order valence-electron chi connectivity index (χ3n) is 5.07. The predicted molar refractivity (Wildman–Crippen MR) is 112 cm³/mol. The number of methoxy groups -OCH3 is 1. The molecule has 0 aliphatic heterocycles. The summed E-state index contributed by atoms with van der Waals surface area (Å²) in [7, 11) is 1.65. The van der Waals surface area contributed by atoms with Crippen molar-refractivity contribution < 1.29 is 13.9 Å². The van der Waals surface area contributed by atoms with Gasteiger partial charge in [-0.1, -0.05) is 35.9 Å². The lowest BCUT2D eigenvalue weighted by Crippen LogP contribution is -2.32. The minimum atomic E-state index is 0.126. The third kappa shape index (κ3) is 4.80. The fraction of sp³-hybridized carbons (Fsp3) is 0.304. The van der Waals surface area contributed by atoms with Gasteiger partial charge in [0.05, 0.1) is 18.3 Å². The van der Waals surface area contributed by atoms with E-state index in [-0.39, 0.29) is 5.91 Å². The van der Waals surface area contributed by atoms with Crippen LogP contribution in [0.3, 0.4) is 0 Å². The van der Waals surface area contributed by atoms with Gasteiger partial charge in [0.25, 0.3) is 0 Å². The van der Waals surface area contributed by atoms with Crippen molar-refractivity contribution in [3.05, 3.63) is 71.2 Å². The summed E-state index contributed by atoms with van der Waals surface area (Å²) in [6, 6.07) is 15.7. The number of aryl methyl sites for hydroxylation is 1. The summed E-state index contributed by atoms with van der Waals surface area (Å²) in [6.07, 6.45) is 4.64. The lowest BCUT2D eigenvalue weighted by Gasteiger charge is -2.22. The first kappa shape index (κ1) is 19.5. The van der Waals surface area contributed by atoms with E-state index in [0.717, 1.165) is 29.7 Å². The van der Waals surface area contributed by atoms with Crippen molar-refractivity contribution >= 4 is 17.5 Å². The van der Waals surface area contributed by atoms with Gasteiger partial charge >= 0.3 is 0 Å². The maximum atomic E-state index is 12.9. The van der Waals surface area contributed by atoms with Gasteiger partial charge in [-0.15, -0.1) is 0 Å². The minimum absolute atomic E-state index is 0.126. The molecule has 1 saturated carbocycles. The number of ether oxygens (including phenoxy) is 1. The molecule has 1 heterocycles. The highest BCUT2D eigenvalue weighted by Crippen LogP contribution is 2.30. The molecule has 1 aliphatic rings. The van der Waals surface area contributed by atoms with Crippen molar-refractivity contribution in [3.63, 3.8) is 0 Å². The van der Waals surface area contributed by atoms with Gasteiger partial charge in [0.2, 0.25) is 5.91 Å². The fourth-order valence-corrected chi connectivity index (χ4v) is 3.53. The van der Waals surface area contributed by atoms with Crippen molar-refractivity contribution in [3.8, 4) is 17.1 Å². The van der Waals surface area contributed by atoms with E-state index in [2.05, 4.69) is 4.98 Å². The molecule has 1 fully saturated rings. The number of benzene rings is 2. The van der Waals surface area contributed by atoms with E-state index in [0.29, 0.717) is 42.1 Å². The molecule has 0 atom stereocenters. The highest BCUT2D eigenvalue weighted by atomic mass is 35.5. The Morgan fingerprint density at radius 2 is 1.97 bits per heavy atom. The minimum Gasteiger partial charge on any atom is -0.497 e. The molecule has 6 heteroatoms. The standard InChI is InChI=1S/C23H23ClN2O3/c1-28-18-10-6-16(7-11-18)15-26(17-8-9-17)23(27)13-12-22-25-14-21(29-22)19-4-2-3-5-20(19)24/h2-7,10-11,14,17H,8-9,12-13,15H2,1H3. The van der Waals surface area contributed by atoms with Gasteiger partial charge in [-0.3, -0.25) is 4.79 Å². The van der Waals surface area contributed by atoms with Gasteiger partial charge in [0.15, 0.2) is 11.7 Å². The summed E-state index contributed by atoms with van der Waals surface area (Å²) in [5, 5.41) is 0.616. The Bertz CT molecular complexity index is 980. The van der Waals surface area contributed by atoms with Crippen LogP contribution in [0.5, 0.6) is 5.75 Å². The first-order valence-electron chi connectivity index (χ1n) is 9.76. The summed E-state index contributed by atoms with van der Waals surface area (Å²) in [5.74, 6) is 2.11. The van der Waals surface area contributed by atoms with Gasteiger partial charge in [-0.05, 0) is 42.7 Å². The molecular formula is C23H23ClN2O3. The van der Waals surface area contributed by atoms with Gasteiger partial charge in [-0.25, -0.2) is 4.98 Å². The molecule has 0 spiro atoms. The predicted octanol–water partition coefficient (Wildman–Crippen LogP) is 5.13.